The Balaban J connectivity index is 2.51. The molecule has 3 aliphatic rings. The SMILES string of the molecule is O=P(O)(O)OC[C@H]1O[C@H](O[C@@H]2[C@H](OS(=O)(=O)O)[C@@H](O[C@H]3[C@@H](OS(=O)(=O)O)[C@H](OS(=O)(=O)O)[C@@H](COS(=O)(=O)O)O[C@@H]3O)O[C@H](COS(=O)(=O)O)[C@H]2OS(=O)(=O)O)[C@@H](OS(=O)(=O)O)[C@@H](OS(=O)(=O)O)[C@@H]1OS(=O)(=O)O. The first kappa shape index (κ1) is 67.0. The first-order valence-corrected chi connectivity index (χ1v) is 31.1. The summed E-state index contributed by atoms with van der Waals surface area (Å²) in [5.74, 6) is 0. The number of aliphatic hydroxyl groups excluding tert-OH is 1. The monoisotopic (exact) mass is 1300 g/mol. The van der Waals surface area contributed by atoms with Gasteiger partial charge in [-0.3, -0.25) is 45.5 Å². The summed E-state index contributed by atoms with van der Waals surface area (Å²) in [4.78, 5) is 18.6. The average molecular weight is 1300 g/mol. The van der Waals surface area contributed by atoms with Crippen LogP contribution in [0.2, 0.25) is 0 Å². The standard InChI is InChI=1S/C18H33O46PS9/c19-16-13(11(61-71(38,39)40)9(60-70(35,36)37)5(53-16)2-51-66(23,24)25)57-17-14(63-73(44,45)46)10(7(58-68(29,30)31)6(55-17)3-52-67(26,27)28)56-18-15(64-74(47,48)49)12(62-72(41,42)43)8(59-69(32,33)34)4(54-18)1-50-65(20,21)22/h4-19H,1-3H2,(H2,20,21,22)(H,23,24,25)(H,26,27,28)(H,29,30,31)(H,32,33,34)(H,35,36,37)(H,38,39,40)(H,41,42,43)(H,44,45,46)(H,47,48,49)/t4-,5-,6-,7-,8-,9-,10+,11+,12+,13+,14+,15+,16+,17-,18-/m1/s1. The van der Waals surface area contributed by atoms with E-state index in [4.69, 9.17) is 28.2 Å². The van der Waals surface area contributed by atoms with Gasteiger partial charge in [0.1, 0.15) is 61.0 Å². The van der Waals surface area contributed by atoms with Gasteiger partial charge >= 0.3 is 101 Å². The van der Waals surface area contributed by atoms with Crippen molar-refractivity contribution in [3.63, 3.8) is 0 Å². The Morgan fingerprint density at radius 1 is 0.338 bits per heavy atom. The lowest BCUT2D eigenvalue weighted by atomic mass is 9.96. The summed E-state index contributed by atoms with van der Waals surface area (Å²) in [5.41, 5.74) is 0. The van der Waals surface area contributed by atoms with Crippen molar-refractivity contribution < 1.29 is 202 Å². The lowest BCUT2D eigenvalue weighted by Gasteiger charge is -2.49. The zero-order chi connectivity index (χ0) is 57.4. The number of ether oxygens (including phenoxy) is 5. The number of hydrogen-bond donors (Lipinski definition) is 12. The molecule has 0 radical (unpaired) electrons. The molecular weight excluding hydrogens is 1270 g/mol. The molecule has 46 nitrogen and oxygen atoms in total. The smallest absolute Gasteiger partial charge is 0.366 e. The minimum Gasteiger partial charge on any atom is -0.366 e. The van der Waals surface area contributed by atoms with E-state index in [0.717, 1.165) is 0 Å². The Morgan fingerprint density at radius 3 is 0.919 bits per heavy atom. The molecular formula is C18H33O46PS9. The van der Waals surface area contributed by atoms with Crippen molar-refractivity contribution in [3.8, 4) is 0 Å². The average Bonchev–Trinajstić information content (AvgIpc) is 3.11. The van der Waals surface area contributed by atoms with Crippen LogP contribution in [0.4, 0.5) is 0 Å². The minimum absolute atomic E-state index is 1.85. The van der Waals surface area contributed by atoms with E-state index in [9.17, 15) is 132 Å². The van der Waals surface area contributed by atoms with Crippen molar-refractivity contribution in [3.05, 3.63) is 0 Å². The van der Waals surface area contributed by atoms with Crippen LogP contribution in [0.5, 0.6) is 0 Å². The molecule has 3 aliphatic heterocycles. The van der Waals surface area contributed by atoms with Gasteiger partial charge in [-0.15, -0.1) is 0 Å². The molecule has 3 fully saturated rings. The summed E-state index contributed by atoms with van der Waals surface area (Å²) in [7, 11) is -61.8. The molecule has 0 bridgehead atoms. The van der Waals surface area contributed by atoms with Crippen LogP contribution in [0.15, 0.2) is 0 Å². The van der Waals surface area contributed by atoms with Gasteiger partial charge in [-0.05, 0) is 0 Å². The van der Waals surface area contributed by atoms with Crippen LogP contribution in [-0.2, 0) is 164 Å². The van der Waals surface area contributed by atoms with Crippen LogP contribution in [0.25, 0.3) is 0 Å². The van der Waals surface area contributed by atoms with Crippen molar-refractivity contribution in [2.45, 2.75) is 92.1 Å². The molecule has 12 N–H and O–H groups in total. The summed E-state index contributed by atoms with van der Waals surface area (Å²) in [6, 6.07) is 0. The molecule has 0 aromatic heterocycles. The fourth-order valence-electron chi connectivity index (χ4n) is 6.12. The van der Waals surface area contributed by atoms with Gasteiger partial charge in [-0.25, -0.2) is 42.2 Å². The van der Waals surface area contributed by atoms with E-state index >= 15 is 0 Å². The second kappa shape index (κ2) is 24.2. The molecule has 0 unspecified atom stereocenters. The molecule has 440 valence electrons. The summed E-state index contributed by atoms with van der Waals surface area (Å²) >= 11 is 0. The van der Waals surface area contributed by atoms with Crippen LogP contribution in [0, 0.1) is 0 Å². The fourth-order valence-corrected chi connectivity index (χ4v) is 10.6. The maximum Gasteiger partial charge on any atom is 0.469 e. The van der Waals surface area contributed by atoms with Gasteiger partial charge in [-0.1, -0.05) is 0 Å². The largest absolute Gasteiger partial charge is 0.469 e. The highest BCUT2D eigenvalue weighted by Gasteiger charge is 2.61. The topological polar surface area (TPSA) is 706 Å². The molecule has 74 heavy (non-hydrogen) atoms. The highest BCUT2D eigenvalue weighted by molar-refractivity contribution is 7.82. The van der Waals surface area contributed by atoms with E-state index in [1.807, 2.05) is 0 Å². The zero-order valence-corrected chi connectivity index (χ0v) is 42.4. The van der Waals surface area contributed by atoms with Crippen LogP contribution in [0.3, 0.4) is 0 Å². The maximum atomic E-state index is 12.4. The van der Waals surface area contributed by atoms with Crippen LogP contribution < -0.4 is 0 Å². The lowest BCUT2D eigenvalue weighted by Crippen LogP contribution is -2.69. The normalized spacial score (nSPS) is 32.8. The molecule has 0 aliphatic carbocycles. The quantitative estimate of drug-likeness (QED) is 0.0268. The maximum absolute atomic E-state index is 12.4. The van der Waals surface area contributed by atoms with E-state index < -0.39 is 213 Å². The first-order chi connectivity index (χ1) is 32.8. The first-order valence-electron chi connectivity index (χ1n) is 17.3. The van der Waals surface area contributed by atoms with E-state index in [-0.39, 0.29) is 0 Å². The molecule has 0 spiro atoms. The predicted molar refractivity (Wildman–Crippen MR) is 206 cm³/mol. The molecule has 3 heterocycles. The summed E-state index contributed by atoms with van der Waals surface area (Å²) in [5, 5.41) is 11.0. The molecule has 3 saturated heterocycles. The van der Waals surface area contributed by atoms with Crippen LogP contribution in [-0.4, -0.2) is 244 Å². The zero-order valence-electron chi connectivity index (χ0n) is 34.2. The van der Waals surface area contributed by atoms with Crippen molar-refractivity contribution in [1.29, 1.82) is 0 Å². The predicted octanol–water partition coefficient (Wildman–Crippen LogP) is -9.01. The second-order valence-electron chi connectivity index (χ2n) is 13.5. The van der Waals surface area contributed by atoms with E-state index in [1.165, 1.54) is 0 Å². The third-order valence-electron chi connectivity index (χ3n) is 8.17. The van der Waals surface area contributed by atoms with Crippen LogP contribution in [0.1, 0.15) is 0 Å². The molecule has 56 heteroatoms. The van der Waals surface area contributed by atoms with E-state index in [0.29, 0.717) is 0 Å². The third-order valence-corrected chi connectivity index (χ3v) is 12.8. The number of rotatable bonds is 27. The Hall–Kier alpha value is -1.30. The van der Waals surface area contributed by atoms with Gasteiger partial charge in [-0.2, -0.15) is 75.8 Å². The number of hydrogen-bond acceptors (Lipinski definition) is 35. The minimum atomic E-state index is -6.49. The Labute approximate surface area is 413 Å². The van der Waals surface area contributed by atoms with Crippen molar-refractivity contribution in [1.82, 2.24) is 0 Å². The number of aliphatic hydroxyl groups is 1. The summed E-state index contributed by atoms with van der Waals surface area (Å²) < 4.78 is 380. The molecule has 15 atom stereocenters. The fraction of sp³-hybridized carbons (Fsp3) is 1.00. The number of phosphoric ester groups is 1. The molecule has 3 rings (SSSR count). The number of phosphoric acid groups is 1. The van der Waals surface area contributed by atoms with E-state index in [1.54, 1.807) is 0 Å². The third kappa shape index (κ3) is 24.0. The Kier molecular flexibility index (Phi) is 21.9. The van der Waals surface area contributed by atoms with Gasteiger partial charge in [0.25, 0.3) is 0 Å². The van der Waals surface area contributed by atoms with Gasteiger partial charge in [0.05, 0.1) is 19.8 Å². The van der Waals surface area contributed by atoms with Gasteiger partial charge in [0.2, 0.25) is 0 Å². The molecule has 0 saturated carbocycles. The van der Waals surface area contributed by atoms with Crippen molar-refractivity contribution in [2.75, 3.05) is 19.8 Å². The van der Waals surface area contributed by atoms with Crippen molar-refractivity contribution >= 4 is 101 Å². The summed E-state index contributed by atoms with van der Waals surface area (Å²) in [6.07, 6.45) is -50.3. The van der Waals surface area contributed by atoms with Crippen molar-refractivity contribution in [2.24, 2.45) is 0 Å². The van der Waals surface area contributed by atoms with Gasteiger partial charge < -0.3 is 38.6 Å². The second-order valence-corrected chi connectivity index (χ2v) is 24.2. The van der Waals surface area contributed by atoms with Gasteiger partial charge in [0, 0.05) is 0 Å². The lowest BCUT2D eigenvalue weighted by molar-refractivity contribution is -0.373. The molecule has 0 aromatic rings. The van der Waals surface area contributed by atoms with Crippen LogP contribution >= 0.6 is 7.82 Å². The molecule has 0 amide bonds. The Bertz CT molecular complexity index is 3060. The summed E-state index contributed by atoms with van der Waals surface area (Å²) in [6.45, 7) is -6.00. The van der Waals surface area contributed by atoms with Gasteiger partial charge in [0.15, 0.2) is 31.1 Å². The highest BCUT2D eigenvalue weighted by Crippen LogP contribution is 2.41. The Morgan fingerprint density at radius 2 is 0.595 bits per heavy atom. The highest BCUT2D eigenvalue weighted by atomic mass is 32.3. The van der Waals surface area contributed by atoms with E-state index in [2.05, 4.69) is 42.2 Å². The molecule has 0 aromatic carbocycles.